The molecule has 0 aromatic rings. The van der Waals surface area contributed by atoms with Crippen molar-refractivity contribution in [2.24, 2.45) is 0 Å². The Hall–Kier alpha value is -4.12. The molecule has 8 atom stereocenters. The molecule has 0 aliphatic heterocycles. The Morgan fingerprint density at radius 3 is 1.54 bits per heavy atom. The molecule has 0 aromatic heterocycles. The number of carbonyl (C=O) groups excluding carboxylic acids is 2. The summed E-state index contributed by atoms with van der Waals surface area (Å²) < 4.78 is 48.4. The average Bonchev–Trinajstić information content (AvgIpc) is 3.17. The molecule has 350 valence electrons. The van der Waals surface area contributed by atoms with Crippen LogP contribution >= 0.6 is 15.6 Å². The van der Waals surface area contributed by atoms with Crippen LogP contribution in [-0.4, -0.2) is 103 Å². The highest BCUT2D eigenvalue weighted by Gasteiger charge is 2.54. The van der Waals surface area contributed by atoms with Gasteiger partial charge in [-0.15, -0.1) is 6.42 Å². The number of carbonyl (C=O) groups is 2. The lowest BCUT2D eigenvalue weighted by atomic mass is 9.85. The van der Waals surface area contributed by atoms with Crippen LogP contribution in [0.15, 0.2) is 0 Å². The van der Waals surface area contributed by atoms with Crippen molar-refractivity contribution in [1.82, 2.24) is 6.15 Å². The Morgan fingerprint density at radius 2 is 1.07 bits per heavy atom. The molecule has 0 aromatic carbocycles. The van der Waals surface area contributed by atoms with Gasteiger partial charge >= 0.3 is 27.6 Å². The molecule has 1 fully saturated rings. The van der Waals surface area contributed by atoms with E-state index in [1.54, 1.807) is 0 Å². The minimum Gasteiger partial charge on any atom is -0.456 e. The largest absolute Gasteiger partial charge is 0.472 e. The van der Waals surface area contributed by atoms with Crippen molar-refractivity contribution >= 4 is 27.6 Å². The molecule has 0 spiro atoms. The molecule has 1 aliphatic rings. The topological polar surface area (TPSA) is 291 Å². The smallest absolute Gasteiger partial charge is 0.456 e. The summed E-state index contributed by atoms with van der Waals surface area (Å²) in [5.74, 6) is 27.9. The van der Waals surface area contributed by atoms with Crippen LogP contribution in [0.1, 0.15) is 115 Å². The van der Waals surface area contributed by atoms with Gasteiger partial charge in [0.15, 0.2) is 6.10 Å². The van der Waals surface area contributed by atoms with Crippen molar-refractivity contribution in [1.29, 1.82) is 0 Å². The van der Waals surface area contributed by atoms with E-state index in [0.29, 0.717) is 6.42 Å². The highest BCUT2D eigenvalue weighted by Crippen LogP contribution is 2.49. The maximum Gasteiger partial charge on any atom is 0.472 e. The minimum absolute atomic E-state index is 0. The Bertz CT molecular complexity index is 1890. The number of unbranched alkanes of at least 4 members (excludes halogenated alkanes) is 12. The SMILES string of the molecule is C#CC#CC#CC#CC#CC#CC#CC(=O)OC[C@H](COP(=O)(O)OC1C(O)[C@H](OP(=O)(O)O)[C@H](O)C(O)[C@@H]1O)OC(=O)CCCCCCCCCCCCCCC.N.[HH].[HH].[HH].[HH].[HH].[HH].[HH].[HH].[HH].[HH].[HH].[HH].[HH]. The standard InChI is InChI=1S/C40H50O16P2.H3N.13H2/c1-3-5-7-9-11-13-15-17-19-21-23-25-27-29-34(42)54-32(30-52-33(41)28-26-24-22-20-18-16-14-12-10-8-6-4-2)31-53-58(50,51)56-40-37(45)35(43)36(44)39(38(40)46)55-57(47,48)49;;;;;;;;;;;;;;/h2,32,35-40,43-46H,3,5,7,9,11,13,15,17,19,21,23,25,27,29-31H2,1H3,(H,50,51)(H2,47,48,49);1H3;13*1H/t32-,35?,36-,37+,38?,39-,40?;;;;;;;;;;;;;;/m1............../s1. The van der Waals surface area contributed by atoms with Gasteiger partial charge in [0.2, 0.25) is 0 Å². The summed E-state index contributed by atoms with van der Waals surface area (Å²) in [7, 11) is -10.8. The van der Waals surface area contributed by atoms with E-state index >= 15 is 0 Å². The molecule has 0 amide bonds. The summed E-state index contributed by atoms with van der Waals surface area (Å²) in [5, 5.41) is 40.9. The van der Waals surface area contributed by atoms with E-state index in [9.17, 15) is 44.0 Å². The molecular formula is C40H79NO16P2. The van der Waals surface area contributed by atoms with Crippen molar-refractivity contribution in [2.75, 3.05) is 13.2 Å². The van der Waals surface area contributed by atoms with Gasteiger partial charge in [-0.05, 0) is 77.5 Å². The zero-order chi connectivity index (χ0) is 43.2. The van der Waals surface area contributed by atoms with Crippen LogP contribution in [-0.2, 0) is 41.8 Å². The van der Waals surface area contributed by atoms with E-state index in [0.717, 1.165) is 32.1 Å². The van der Waals surface area contributed by atoms with E-state index in [1.165, 1.54) is 44.9 Å². The predicted molar refractivity (Wildman–Crippen MR) is 241 cm³/mol. The quantitative estimate of drug-likeness (QED) is 0.0199. The van der Waals surface area contributed by atoms with Gasteiger partial charge in [-0.25, -0.2) is 13.9 Å². The molecule has 17 nitrogen and oxygen atoms in total. The minimum atomic E-state index is -5.39. The molecule has 4 unspecified atom stereocenters. The van der Waals surface area contributed by atoms with Crippen molar-refractivity contribution in [3.8, 4) is 83.4 Å². The maximum atomic E-state index is 12.9. The first-order valence-electron chi connectivity index (χ1n) is 18.6. The second-order valence-corrected chi connectivity index (χ2v) is 15.3. The second-order valence-electron chi connectivity index (χ2n) is 12.7. The number of aliphatic hydroxyl groups is 4. The molecule has 0 heterocycles. The molecule has 0 bridgehead atoms. The summed E-state index contributed by atoms with van der Waals surface area (Å²) in [6, 6.07) is 0. The fraction of sp³-hybridized carbons (Fsp3) is 0.600. The Labute approximate surface area is 365 Å². The van der Waals surface area contributed by atoms with Gasteiger partial charge in [-0.1, -0.05) is 84.0 Å². The summed E-state index contributed by atoms with van der Waals surface area (Å²) in [6.07, 6.45) is 3.80. The van der Waals surface area contributed by atoms with Crippen molar-refractivity contribution in [2.45, 2.75) is 140 Å². The third-order valence-electron chi connectivity index (χ3n) is 8.03. The van der Waals surface area contributed by atoms with Gasteiger partial charge < -0.3 is 50.7 Å². The lowest BCUT2D eigenvalue weighted by molar-refractivity contribution is -0.216. The molecule has 0 saturated heterocycles. The highest BCUT2D eigenvalue weighted by atomic mass is 31.2. The van der Waals surface area contributed by atoms with E-state index in [4.69, 9.17) is 34.7 Å². The number of phosphoric acid groups is 2. The number of aliphatic hydroxyl groups excluding tert-OH is 4. The van der Waals surface area contributed by atoms with Gasteiger partial charge in [-0.2, -0.15) is 0 Å². The number of hydrogen-bond acceptors (Lipinski definition) is 14. The van der Waals surface area contributed by atoms with Crippen molar-refractivity contribution in [3.63, 3.8) is 0 Å². The Morgan fingerprint density at radius 1 is 0.627 bits per heavy atom. The monoisotopic (exact) mass is 891 g/mol. The van der Waals surface area contributed by atoms with Crippen LogP contribution in [0.3, 0.4) is 0 Å². The molecular weight excluding hydrogens is 812 g/mol. The zero-order valence-electron chi connectivity index (χ0n) is 32.8. The number of terminal acetylenes is 1. The van der Waals surface area contributed by atoms with E-state index in [1.807, 2.05) is 5.92 Å². The van der Waals surface area contributed by atoms with Gasteiger partial charge in [0.25, 0.3) is 0 Å². The summed E-state index contributed by atoms with van der Waals surface area (Å²) >= 11 is 0. The predicted octanol–water partition coefficient (Wildman–Crippen LogP) is 5.37. The van der Waals surface area contributed by atoms with Crippen molar-refractivity contribution in [3.05, 3.63) is 0 Å². The van der Waals surface area contributed by atoms with Crippen LogP contribution in [0.4, 0.5) is 0 Å². The van der Waals surface area contributed by atoms with Crippen molar-refractivity contribution < 1.29 is 95.4 Å². The first-order valence-corrected chi connectivity index (χ1v) is 21.6. The number of esters is 2. The van der Waals surface area contributed by atoms with E-state index in [2.05, 4.69) is 82.5 Å². The highest BCUT2D eigenvalue weighted by molar-refractivity contribution is 7.47. The van der Waals surface area contributed by atoms with E-state index < -0.39 is 83.5 Å². The number of phosphoric ester groups is 2. The second kappa shape index (κ2) is 31.8. The van der Waals surface area contributed by atoms with Gasteiger partial charge in [0.1, 0.15) is 43.2 Å². The third-order valence-corrected chi connectivity index (χ3v) is 9.53. The van der Waals surface area contributed by atoms with E-state index in [-0.39, 0.29) is 31.1 Å². The van der Waals surface area contributed by atoms with Crippen LogP contribution in [0.5, 0.6) is 0 Å². The van der Waals surface area contributed by atoms with Gasteiger partial charge in [-0.3, -0.25) is 18.4 Å². The number of hydrogen-bond donors (Lipinski definition) is 8. The van der Waals surface area contributed by atoms with Crippen LogP contribution in [0.2, 0.25) is 0 Å². The molecule has 1 rings (SSSR count). The number of rotatable bonds is 24. The Kier molecular flexibility index (Phi) is 29.5. The first-order chi connectivity index (χ1) is 27.6. The summed E-state index contributed by atoms with van der Waals surface area (Å²) in [5.41, 5.74) is 0. The lowest BCUT2D eigenvalue weighted by Gasteiger charge is -2.43. The summed E-state index contributed by atoms with van der Waals surface area (Å²) in [6.45, 7) is 0.506. The normalized spacial score (nSPS) is 20.5. The third kappa shape index (κ3) is 26.6. The first kappa shape index (κ1) is 54.9. The number of ether oxygens (including phenoxy) is 2. The molecule has 10 N–H and O–H groups in total. The molecule has 59 heavy (non-hydrogen) atoms. The maximum absolute atomic E-state index is 12.9. The zero-order valence-corrected chi connectivity index (χ0v) is 34.6. The Balaban J connectivity index is -0.000000200. The molecule has 19 heteroatoms. The average molecular weight is 892 g/mol. The molecule has 1 aliphatic carbocycles. The van der Waals surface area contributed by atoms with Gasteiger partial charge in [0, 0.05) is 30.9 Å². The summed E-state index contributed by atoms with van der Waals surface area (Å²) in [4.78, 5) is 53.5. The molecule has 0 radical (unpaired) electrons. The van der Waals surface area contributed by atoms with Crippen LogP contribution in [0, 0.1) is 83.4 Å². The fourth-order valence-electron chi connectivity index (χ4n) is 5.20. The van der Waals surface area contributed by atoms with Gasteiger partial charge in [0.05, 0.1) is 6.61 Å². The fourth-order valence-corrected chi connectivity index (χ4v) is 6.74. The lowest BCUT2D eigenvalue weighted by Crippen LogP contribution is -2.64. The van der Waals surface area contributed by atoms with Crippen LogP contribution in [0.25, 0.3) is 0 Å². The van der Waals surface area contributed by atoms with Crippen LogP contribution < -0.4 is 6.15 Å². The molecule has 1 saturated carbocycles.